The predicted octanol–water partition coefficient (Wildman–Crippen LogP) is 2.11. The molecule has 1 saturated carbocycles. The summed E-state index contributed by atoms with van der Waals surface area (Å²) < 4.78 is 10.1. The molecule has 7 nitrogen and oxygen atoms in total. The Kier molecular flexibility index (Phi) is 5.07. The number of aromatic nitrogens is 2. The lowest BCUT2D eigenvalue weighted by Crippen LogP contribution is -2.47. The first-order chi connectivity index (χ1) is 11.2. The number of hydrogen-bond donors (Lipinski definition) is 1. The molecular weight excluding hydrogens is 296 g/mol. The number of amides is 1. The molecule has 0 bridgehead atoms. The molecule has 1 aliphatic rings. The lowest BCUT2D eigenvalue weighted by Gasteiger charge is -2.27. The van der Waals surface area contributed by atoms with Gasteiger partial charge in [-0.3, -0.25) is 9.69 Å². The molecule has 1 atom stereocenters. The van der Waals surface area contributed by atoms with Crippen LogP contribution in [0.15, 0.2) is 34.1 Å². The Morgan fingerprint density at radius 2 is 1.78 bits per heavy atom. The minimum Gasteiger partial charge on any atom is -0.451 e. The van der Waals surface area contributed by atoms with Gasteiger partial charge in [-0.2, -0.15) is 0 Å². The van der Waals surface area contributed by atoms with Crippen LogP contribution in [0.5, 0.6) is 0 Å². The zero-order chi connectivity index (χ0) is 16.1. The molecule has 2 heterocycles. The van der Waals surface area contributed by atoms with Gasteiger partial charge in [0.05, 0.1) is 17.4 Å². The van der Waals surface area contributed by atoms with Crippen LogP contribution in [0.4, 0.5) is 0 Å². The molecule has 23 heavy (non-hydrogen) atoms. The van der Waals surface area contributed by atoms with Gasteiger partial charge in [-0.25, -0.2) is 9.97 Å². The van der Waals surface area contributed by atoms with E-state index < -0.39 is 0 Å². The summed E-state index contributed by atoms with van der Waals surface area (Å²) in [5.41, 5.74) is 1.57. The summed E-state index contributed by atoms with van der Waals surface area (Å²) in [5.74, 6) is 0.0453. The number of oxazole rings is 2. The fourth-order valence-electron chi connectivity index (χ4n) is 2.93. The lowest BCUT2D eigenvalue weighted by atomic mass is 10.2. The van der Waals surface area contributed by atoms with E-state index in [1.807, 2.05) is 11.8 Å². The standard InChI is InChI=1S/C16H22N4O3/c1-12(16(21)19-13-4-2-3-5-13)20(6-14-8-22-10-17-14)7-15-9-23-11-18-15/h8-13H,2-7H2,1H3,(H,19,21). The third-order valence-electron chi connectivity index (χ3n) is 4.33. The van der Waals surface area contributed by atoms with Crippen LogP contribution in [0.3, 0.4) is 0 Å². The van der Waals surface area contributed by atoms with Crippen LogP contribution in [0, 0.1) is 0 Å². The third-order valence-corrected chi connectivity index (χ3v) is 4.33. The van der Waals surface area contributed by atoms with Crippen LogP contribution in [-0.4, -0.2) is 32.9 Å². The smallest absolute Gasteiger partial charge is 0.237 e. The van der Waals surface area contributed by atoms with Gasteiger partial charge in [-0.05, 0) is 19.8 Å². The molecule has 1 N–H and O–H groups in total. The Balaban J connectivity index is 1.66. The number of hydrogen-bond acceptors (Lipinski definition) is 6. The monoisotopic (exact) mass is 318 g/mol. The molecule has 7 heteroatoms. The first-order valence-corrected chi connectivity index (χ1v) is 8.01. The second-order valence-corrected chi connectivity index (χ2v) is 6.03. The largest absolute Gasteiger partial charge is 0.451 e. The maximum absolute atomic E-state index is 12.6. The first-order valence-electron chi connectivity index (χ1n) is 8.01. The predicted molar refractivity (Wildman–Crippen MR) is 82.1 cm³/mol. The Morgan fingerprint density at radius 3 is 2.26 bits per heavy atom. The maximum atomic E-state index is 12.6. The van der Waals surface area contributed by atoms with E-state index in [1.165, 1.54) is 25.6 Å². The molecular formula is C16H22N4O3. The second-order valence-electron chi connectivity index (χ2n) is 6.03. The minimum absolute atomic E-state index is 0.0453. The molecule has 3 rings (SSSR count). The maximum Gasteiger partial charge on any atom is 0.237 e. The SMILES string of the molecule is CC(C(=O)NC1CCCC1)N(Cc1cocn1)Cc1cocn1. The molecule has 1 fully saturated rings. The molecule has 0 spiro atoms. The molecule has 1 unspecified atom stereocenters. The lowest BCUT2D eigenvalue weighted by molar-refractivity contribution is -0.127. The summed E-state index contributed by atoms with van der Waals surface area (Å²) in [6.07, 6.45) is 10.5. The van der Waals surface area contributed by atoms with Gasteiger partial charge < -0.3 is 14.2 Å². The van der Waals surface area contributed by atoms with Gasteiger partial charge in [0.25, 0.3) is 0 Å². The average molecular weight is 318 g/mol. The average Bonchev–Trinajstić information content (AvgIpc) is 3.29. The Hall–Kier alpha value is -2.15. The van der Waals surface area contributed by atoms with Crippen molar-refractivity contribution in [2.75, 3.05) is 0 Å². The second kappa shape index (κ2) is 7.41. The highest BCUT2D eigenvalue weighted by molar-refractivity contribution is 5.81. The number of carbonyl (C=O) groups is 1. The Morgan fingerprint density at radius 1 is 1.22 bits per heavy atom. The van der Waals surface area contributed by atoms with E-state index in [-0.39, 0.29) is 11.9 Å². The van der Waals surface area contributed by atoms with E-state index in [4.69, 9.17) is 8.83 Å². The van der Waals surface area contributed by atoms with Crippen LogP contribution in [0.2, 0.25) is 0 Å². The normalized spacial score (nSPS) is 16.8. The van der Waals surface area contributed by atoms with Gasteiger partial charge in [0.2, 0.25) is 5.91 Å². The highest BCUT2D eigenvalue weighted by Crippen LogP contribution is 2.18. The number of rotatable bonds is 7. The van der Waals surface area contributed by atoms with Crippen LogP contribution in [0.1, 0.15) is 44.0 Å². The van der Waals surface area contributed by atoms with Crippen molar-refractivity contribution in [3.05, 3.63) is 36.7 Å². The Labute approximate surface area is 135 Å². The number of carbonyl (C=O) groups excluding carboxylic acids is 1. The summed E-state index contributed by atoms with van der Waals surface area (Å²) >= 11 is 0. The topological polar surface area (TPSA) is 84.4 Å². The quantitative estimate of drug-likeness (QED) is 0.841. The van der Waals surface area contributed by atoms with Gasteiger partial charge >= 0.3 is 0 Å². The first kappa shape index (κ1) is 15.7. The van der Waals surface area contributed by atoms with Crippen molar-refractivity contribution < 1.29 is 13.6 Å². The summed E-state index contributed by atoms with van der Waals surface area (Å²) in [7, 11) is 0. The van der Waals surface area contributed by atoms with E-state index in [9.17, 15) is 4.79 Å². The summed E-state index contributed by atoms with van der Waals surface area (Å²) in [6, 6.07) is 0.0231. The summed E-state index contributed by atoms with van der Waals surface area (Å²) in [6.45, 7) is 2.94. The van der Waals surface area contributed by atoms with Crippen molar-refractivity contribution in [1.29, 1.82) is 0 Å². The molecule has 0 saturated heterocycles. The molecule has 0 aromatic carbocycles. The highest BCUT2D eigenvalue weighted by Gasteiger charge is 2.26. The van der Waals surface area contributed by atoms with Gasteiger partial charge in [0, 0.05) is 19.1 Å². The Bertz CT molecular complexity index is 555. The van der Waals surface area contributed by atoms with E-state index >= 15 is 0 Å². The van der Waals surface area contributed by atoms with Gasteiger partial charge in [0.15, 0.2) is 12.8 Å². The van der Waals surface area contributed by atoms with Crippen molar-refractivity contribution in [1.82, 2.24) is 20.2 Å². The van der Waals surface area contributed by atoms with E-state index in [1.54, 1.807) is 12.5 Å². The highest BCUT2D eigenvalue weighted by atomic mass is 16.3. The molecule has 1 aliphatic carbocycles. The van der Waals surface area contributed by atoms with E-state index in [0.29, 0.717) is 19.1 Å². The van der Waals surface area contributed by atoms with Crippen LogP contribution >= 0.6 is 0 Å². The summed E-state index contributed by atoms with van der Waals surface area (Å²) in [4.78, 5) is 22.9. The fourth-order valence-corrected chi connectivity index (χ4v) is 2.93. The molecule has 124 valence electrons. The van der Waals surface area contributed by atoms with E-state index in [2.05, 4.69) is 15.3 Å². The zero-order valence-electron chi connectivity index (χ0n) is 13.3. The van der Waals surface area contributed by atoms with Crippen molar-refractivity contribution in [2.24, 2.45) is 0 Å². The molecule has 2 aromatic heterocycles. The minimum atomic E-state index is -0.288. The number of nitrogens with zero attached hydrogens (tertiary/aromatic N) is 3. The van der Waals surface area contributed by atoms with Gasteiger partial charge in [0.1, 0.15) is 12.5 Å². The van der Waals surface area contributed by atoms with Crippen molar-refractivity contribution >= 4 is 5.91 Å². The van der Waals surface area contributed by atoms with E-state index in [0.717, 1.165) is 24.2 Å². The zero-order valence-corrected chi connectivity index (χ0v) is 13.3. The molecule has 0 radical (unpaired) electrons. The van der Waals surface area contributed by atoms with Crippen molar-refractivity contribution in [3.63, 3.8) is 0 Å². The molecule has 2 aromatic rings. The van der Waals surface area contributed by atoms with Crippen molar-refractivity contribution in [2.45, 2.75) is 57.8 Å². The van der Waals surface area contributed by atoms with Gasteiger partial charge in [-0.1, -0.05) is 12.8 Å². The van der Waals surface area contributed by atoms with Crippen LogP contribution in [0.25, 0.3) is 0 Å². The van der Waals surface area contributed by atoms with Gasteiger partial charge in [-0.15, -0.1) is 0 Å². The number of nitrogens with one attached hydrogen (secondary N) is 1. The van der Waals surface area contributed by atoms with Crippen LogP contribution in [-0.2, 0) is 17.9 Å². The van der Waals surface area contributed by atoms with Crippen molar-refractivity contribution in [3.8, 4) is 0 Å². The molecule has 0 aliphatic heterocycles. The fraction of sp³-hybridized carbons (Fsp3) is 0.562. The summed E-state index contributed by atoms with van der Waals surface area (Å²) in [5, 5.41) is 3.15. The molecule has 1 amide bonds. The third kappa shape index (κ3) is 4.19. The van der Waals surface area contributed by atoms with Crippen LogP contribution < -0.4 is 5.32 Å².